The minimum Gasteiger partial charge on any atom is -0.379 e. The molecule has 0 N–H and O–H groups in total. The molecule has 2 fully saturated rings. The Labute approximate surface area is 198 Å². The van der Waals surface area contributed by atoms with Crippen molar-refractivity contribution in [3.8, 4) is 0 Å². The van der Waals surface area contributed by atoms with E-state index in [-0.39, 0.29) is 17.5 Å². The van der Waals surface area contributed by atoms with Crippen molar-refractivity contribution in [1.29, 1.82) is 0 Å². The Bertz CT molecular complexity index is 1050. The lowest BCUT2D eigenvalue weighted by molar-refractivity contribution is -0.386. The van der Waals surface area contributed by atoms with Crippen LogP contribution in [0.2, 0.25) is 0 Å². The normalized spacial score (nSPS) is 17.1. The lowest BCUT2D eigenvalue weighted by atomic mass is 10.1. The molecule has 0 atom stereocenters. The van der Waals surface area contributed by atoms with E-state index < -0.39 is 4.92 Å². The maximum Gasteiger partial charge on any atom is 0.312 e. The van der Waals surface area contributed by atoms with Crippen LogP contribution in [0.15, 0.2) is 24.3 Å². The molecule has 2 aliphatic rings. The van der Waals surface area contributed by atoms with Crippen molar-refractivity contribution in [2.75, 3.05) is 59.0 Å². The van der Waals surface area contributed by atoms with Crippen molar-refractivity contribution in [2.45, 2.75) is 20.4 Å². The van der Waals surface area contributed by atoms with Crippen LogP contribution in [0, 0.1) is 24.0 Å². The summed E-state index contributed by atoms with van der Waals surface area (Å²) in [5.74, 6) is 0.0383. The number of hydrogen-bond donors (Lipinski definition) is 0. The number of amides is 2. The molecule has 0 bridgehead atoms. The van der Waals surface area contributed by atoms with Gasteiger partial charge in [-0.05, 0) is 31.5 Å². The number of benzene rings is 1. The number of nitrogens with zero attached hydrogens (tertiary/aromatic N) is 6. The van der Waals surface area contributed by atoms with Crippen molar-refractivity contribution in [2.24, 2.45) is 0 Å². The molecule has 0 radical (unpaired) electrons. The van der Waals surface area contributed by atoms with E-state index >= 15 is 0 Å². The van der Waals surface area contributed by atoms with E-state index in [1.807, 2.05) is 17.0 Å². The summed E-state index contributed by atoms with van der Waals surface area (Å²) in [7, 11) is 0. The number of carbonyl (C=O) groups excluding carboxylic acids is 2. The fourth-order valence-corrected chi connectivity index (χ4v) is 4.42. The molecule has 3 heterocycles. The maximum absolute atomic E-state index is 12.9. The molecule has 2 saturated heterocycles. The van der Waals surface area contributed by atoms with Gasteiger partial charge in [-0.25, -0.2) is 0 Å². The molecular formula is C23H30N6O5. The Balaban J connectivity index is 1.31. The summed E-state index contributed by atoms with van der Waals surface area (Å²) in [4.78, 5) is 42.0. The first kappa shape index (κ1) is 23.8. The topological polar surface area (TPSA) is 114 Å². The summed E-state index contributed by atoms with van der Waals surface area (Å²) in [6.45, 7) is 9.04. The molecule has 1 aromatic heterocycles. The Morgan fingerprint density at radius 1 is 1.00 bits per heavy atom. The number of rotatable bonds is 6. The monoisotopic (exact) mass is 470 g/mol. The smallest absolute Gasteiger partial charge is 0.312 e. The Morgan fingerprint density at radius 3 is 2.21 bits per heavy atom. The first-order valence-corrected chi connectivity index (χ1v) is 11.5. The van der Waals surface area contributed by atoms with E-state index in [0.29, 0.717) is 69.4 Å². The highest BCUT2D eigenvalue weighted by Gasteiger charge is 2.26. The molecule has 2 aliphatic heterocycles. The maximum atomic E-state index is 12.9. The van der Waals surface area contributed by atoms with Crippen LogP contribution < -0.4 is 0 Å². The third-order valence-electron chi connectivity index (χ3n) is 6.44. The van der Waals surface area contributed by atoms with Crippen molar-refractivity contribution >= 4 is 17.5 Å². The number of hydrogen-bond acceptors (Lipinski definition) is 7. The first-order valence-electron chi connectivity index (χ1n) is 11.5. The number of aromatic nitrogens is 2. The number of aryl methyl sites for hydroxylation is 1. The van der Waals surface area contributed by atoms with Gasteiger partial charge in [-0.3, -0.25) is 29.3 Å². The second-order valence-corrected chi connectivity index (χ2v) is 8.69. The van der Waals surface area contributed by atoms with Crippen LogP contribution in [0.25, 0.3) is 0 Å². The van der Waals surface area contributed by atoms with Crippen LogP contribution in [0.5, 0.6) is 0 Å². The fourth-order valence-electron chi connectivity index (χ4n) is 4.42. The number of morpholine rings is 1. The number of ether oxygens (including phenoxy) is 1. The first-order chi connectivity index (χ1) is 16.3. The molecular weight excluding hydrogens is 440 g/mol. The van der Waals surface area contributed by atoms with Gasteiger partial charge >= 0.3 is 5.69 Å². The summed E-state index contributed by atoms with van der Waals surface area (Å²) in [6.07, 6.45) is 0. The zero-order valence-corrected chi connectivity index (χ0v) is 19.6. The van der Waals surface area contributed by atoms with Crippen LogP contribution in [0.4, 0.5) is 5.69 Å². The third kappa shape index (κ3) is 5.26. The second kappa shape index (κ2) is 10.3. The minimum atomic E-state index is -0.411. The Hall–Kier alpha value is -3.31. The zero-order chi connectivity index (χ0) is 24.2. The average molecular weight is 471 g/mol. The molecule has 0 aliphatic carbocycles. The molecule has 0 unspecified atom stereocenters. The van der Waals surface area contributed by atoms with Gasteiger partial charge < -0.3 is 14.5 Å². The van der Waals surface area contributed by atoms with Crippen LogP contribution in [-0.2, 0) is 16.1 Å². The van der Waals surface area contributed by atoms with Crippen LogP contribution >= 0.6 is 0 Å². The molecule has 0 spiro atoms. The van der Waals surface area contributed by atoms with E-state index in [2.05, 4.69) is 10.00 Å². The molecule has 11 nitrogen and oxygen atoms in total. The molecule has 0 saturated carbocycles. The Morgan fingerprint density at radius 2 is 1.62 bits per heavy atom. The highest BCUT2D eigenvalue weighted by Crippen LogP contribution is 2.22. The average Bonchev–Trinajstić information content (AvgIpc) is 3.12. The van der Waals surface area contributed by atoms with Crippen molar-refractivity contribution in [3.05, 3.63) is 56.9 Å². The van der Waals surface area contributed by atoms with E-state index in [0.717, 1.165) is 18.7 Å². The van der Waals surface area contributed by atoms with Gasteiger partial charge in [0.05, 0.1) is 31.2 Å². The second-order valence-electron chi connectivity index (χ2n) is 8.69. The summed E-state index contributed by atoms with van der Waals surface area (Å²) >= 11 is 0. The van der Waals surface area contributed by atoms with E-state index in [9.17, 15) is 19.7 Å². The predicted octanol–water partition coefficient (Wildman–Crippen LogP) is 1.07. The SMILES string of the molecule is Cc1nn(Cc2ccc(C(=O)N3CCN(C(=O)CN4CCOCC4)CC3)cc2)c(C)c1[N+](=O)[O-]. The summed E-state index contributed by atoms with van der Waals surface area (Å²) in [5, 5.41) is 15.5. The molecule has 2 amide bonds. The molecule has 182 valence electrons. The van der Waals surface area contributed by atoms with E-state index in [1.54, 1.807) is 35.6 Å². The molecule has 1 aromatic carbocycles. The zero-order valence-electron chi connectivity index (χ0n) is 19.6. The number of carbonyl (C=O) groups is 2. The number of nitro groups is 1. The van der Waals surface area contributed by atoms with Gasteiger partial charge in [-0.1, -0.05) is 12.1 Å². The highest BCUT2D eigenvalue weighted by atomic mass is 16.6. The van der Waals surface area contributed by atoms with Gasteiger partial charge in [0, 0.05) is 44.8 Å². The van der Waals surface area contributed by atoms with Crippen LogP contribution in [-0.4, -0.2) is 100 Å². The van der Waals surface area contributed by atoms with Crippen molar-refractivity contribution in [1.82, 2.24) is 24.5 Å². The summed E-state index contributed by atoms with van der Waals surface area (Å²) in [5.41, 5.74) is 2.40. The standard InChI is InChI=1S/C23H30N6O5/c1-17-22(29(32)33)18(2)28(24-17)15-19-3-5-20(6-4-19)23(31)27-9-7-26(8-10-27)21(30)16-25-11-13-34-14-12-25/h3-6H,7-16H2,1-2H3. The van der Waals surface area contributed by atoms with Gasteiger partial charge in [0.1, 0.15) is 11.4 Å². The predicted molar refractivity (Wildman–Crippen MR) is 124 cm³/mol. The fraction of sp³-hybridized carbons (Fsp3) is 0.522. The van der Waals surface area contributed by atoms with Crippen molar-refractivity contribution in [3.63, 3.8) is 0 Å². The van der Waals surface area contributed by atoms with Gasteiger partial charge in [0.25, 0.3) is 5.91 Å². The highest BCUT2D eigenvalue weighted by molar-refractivity contribution is 5.94. The molecule has 11 heteroatoms. The molecule has 2 aromatic rings. The largest absolute Gasteiger partial charge is 0.379 e. The lowest BCUT2D eigenvalue weighted by Crippen LogP contribution is -2.53. The van der Waals surface area contributed by atoms with Crippen LogP contribution in [0.1, 0.15) is 27.3 Å². The summed E-state index contributed by atoms with van der Waals surface area (Å²) in [6, 6.07) is 7.23. The van der Waals surface area contributed by atoms with E-state index in [4.69, 9.17) is 4.74 Å². The minimum absolute atomic E-state index is 0.0365. The van der Waals surface area contributed by atoms with Gasteiger partial charge in [-0.15, -0.1) is 0 Å². The summed E-state index contributed by atoms with van der Waals surface area (Å²) < 4.78 is 6.93. The van der Waals surface area contributed by atoms with Crippen molar-refractivity contribution < 1.29 is 19.2 Å². The van der Waals surface area contributed by atoms with Gasteiger partial charge in [-0.2, -0.15) is 5.10 Å². The van der Waals surface area contributed by atoms with Crippen LogP contribution in [0.3, 0.4) is 0 Å². The Kier molecular flexibility index (Phi) is 7.23. The van der Waals surface area contributed by atoms with Gasteiger partial charge in [0.2, 0.25) is 5.91 Å². The van der Waals surface area contributed by atoms with E-state index in [1.165, 1.54) is 0 Å². The lowest BCUT2D eigenvalue weighted by Gasteiger charge is -2.36. The van der Waals surface area contributed by atoms with Gasteiger partial charge in [0.15, 0.2) is 0 Å². The third-order valence-corrected chi connectivity index (χ3v) is 6.44. The number of piperazine rings is 1. The molecule has 4 rings (SSSR count). The quantitative estimate of drug-likeness (QED) is 0.458. The molecule has 34 heavy (non-hydrogen) atoms.